The van der Waals surface area contributed by atoms with Gasteiger partial charge in [0.05, 0.1) is 12.5 Å². The number of nitrogens with one attached hydrogen (secondary N) is 2. The van der Waals surface area contributed by atoms with Crippen LogP contribution < -0.4 is 5.32 Å². The van der Waals surface area contributed by atoms with Gasteiger partial charge in [-0.2, -0.15) is 4.98 Å². The van der Waals surface area contributed by atoms with Gasteiger partial charge in [-0.1, -0.05) is 0 Å². The van der Waals surface area contributed by atoms with Crippen LogP contribution in [0.3, 0.4) is 0 Å². The largest absolute Gasteiger partial charge is 0.354 e. The van der Waals surface area contributed by atoms with Gasteiger partial charge < -0.3 is 10.3 Å². The molecule has 0 aliphatic carbocycles. The lowest BCUT2D eigenvalue weighted by Crippen LogP contribution is -2.01. The molecule has 2 aromatic heterocycles. The zero-order valence-corrected chi connectivity index (χ0v) is 6.70. The van der Waals surface area contributed by atoms with Gasteiger partial charge in [0.2, 0.25) is 5.95 Å². The van der Waals surface area contributed by atoms with Crippen LogP contribution in [0.4, 0.5) is 5.95 Å². The van der Waals surface area contributed by atoms with Gasteiger partial charge in [0.15, 0.2) is 5.65 Å². The van der Waals surface area contributed by atoms with Crippen LogP contribution in [0.5, 0.6) is 0 Å². The fraction of sp³-hybridized carbons (Fsp3) is 0.286. The second-order valence-electron chi connectivity index (χ2n) is 2.36. The van der Waals surface area contributed by atoms with E-state index in [1.807, 2.05) is 6.92 Å². The highest BCUT2D eigenvalue weighted by Gasteiger charge is 1.98. The summed E-state index contributed by atoms with van der Waals surface area (Å²) in [6.45, 7) is 2.81. The SMILES string of the molecule is CCNc1ncc2[nH]cnc2n1. The molecular formula is C7H9N5. The van der Waals surface area contributed by atoms with E-state index in [-0.39, 0.29) is 0 Å². The fourth-order valence-corrected chi connectivity index (χ4v) is 0.979. The highest BCUT2D eigenvalue weighted by Crippen LogP contribution is 2.06. The molecule has 0 aliphatic heterocycles. The van der Waals surface area contributed by atoms with Crippen LogP contribution in [-0.2, 0) is 0 Å². The molecule has 2 N–H and O–H groups in total. The second-order valence-corrected chi connectivity index (χ2v) is 2.36. The van der Waals surface area contributed by atoms with Gasteiger partial charge in [-0.05, 0) is 6.92 Å². The first kappa shape index (κ1) is 7.02. The number of nitrogens with zero attached hydrogens (tertiary/aromatic N) is 3. The number of H-pyrrole nitrogens is 1. The van der Waals surface area contributed by atoms with Crippen LogP contribution in [0, 0.1) is 0 Å². The third-order valence-corrected chi connectivity index (χ3v) is 1.51. The van der Waals surface area contributed by atoms with E-state index in [4.69, 9.17) is 0 Å². The Hall–Kier alpha value is -1.65. The minimum Gasteiger partial charge on any atom is -0.354 e. The summed E-state index contributed by atoms with van der Waals surface area (Å²) in [5.74, 6) is 0.622. The van der Waals surface area contributed by atoms with Gasteiger partial charge in [0.1, 0.15) is 5.52 Å². The molecular weight excluding hydrogens is 154 g/mol. The maximum atomic E-state index is 4.16. The van der Waals surface area contributed by atoms with E-state index >= 15 is 0 Å². The van der Waals surface area contributed by atoms with E-state index in [0.29, 0.717) is 11.6 Å². The van der Waals surface area contributed by atoms with Gasteiger partial charge in [0.25, 0.3) is 0 Å². The van der Waals surface area contributed by atoms with Crippen molar-refractivity contribution in [2.45, 2.75) is 6.92 Å². The molecule has 0 bridgehead atoms. The van der Waals surface area contributed by atoms with Crippen molar-refractivity contribution in [2.75, 3.05) is 11.9 Å². The van der Waals surface area contributed by atoms with E-state index in [1.54, 1.807) is 12.5 Å². The van der Waals surface area contributed by atoms with Crippen LogP contribution in [0.1, 0.15) is 6.92 Å². The Morgan fingerprint density at radius 3 is 3.25 bits per heavy atom. The van der Waals surface area contributed by atoms with Crippen molar-refractivity contribution in [2.24, 2.45) is 0 Å². The van der Waals surface area contributed by atoms with Crippen LogP contribution in [0.15, 0.2) is 12.5 Å². The van der Waals surface area contributed by atoms with E-state index in [1.165, 1.54) is 0 Å². The van der Waals surface area contributed by atoms with E-state index in [2.05, 4.69) is 25.3 Å². The number of hydrogen-bond acceptors (Lipinski definition) is 4. The molecule has 2 rings (SSSR count). The number of imidazole rings is 1. The molecule has 62 valence electrons. The third kappa shape index (κ3) is 1.09. The Labute approximate surface area is 69.3 Å². The number of aromatic amines is 1. The van der Waals surface area contributed by atoms with Crippen molar-refractivity contribution in [3.8, 4) is 0 Å². The summed E-state index contributed by atoms with van der Waals surface area (Å²) in [5, 5.41) is 3.01. The van der Waals surface area contributed by atoms with Gasteiger partial charge >= 0.3 is 0 Å². The zero-order chi connectivity index (χ0) is 8.39. The van der Waals surface area contributed by atoms with Crippen molar-refractivity contribution in [1.82, 2.24) is 19.9 Å². The lowest BCUT2D eigenvalue weighted by atomic mass is 10.5. The molecule has 0 radical (unpaired) electrons. The molecule has 2 heterocycles. The quantitative estimate of drug-likeness (QED) is 0.686. The van der Waals surface area contributed by atoms with Crippen molar-refractivity contribution in [3.63, 3.8) is 0 Å². The zero-order valence-electron chi connectivity index (χ0n) is 6.70. The Bertz CT molecular complexity index is 380. The van der Waals surface area contributed by atoms with E-state index in [9.17, 15) is 0 Å². The normalized spacial score (nSPS) is 10.4. The molecule has 0 unspecified atom stereocenters. The first-order valence-electron chi connectivity index (χ1n) is 3.80. The number of anilines is 1. The average molecular weight is 163 g/mol. The predicted octanol–water partition coefficient (Wildman–Crippen LogP) is 0.785. The Morgan fingerprint density at radius 2 is 2.42 bits per heavy atom. The van der Waals surface area contributed by atoms with Crippen LogP contribution in [-0.4, -0.2) is 26.5 Å². The number of fused-ring (bicyclic) bond motifs is 1. The number of rotatable bonds is 2. The molecule has 0 aliphatic rings. The highest BCUT2D eigenvalue weighted by atomic mass is 15.1. The lowest BCUT2D eigenvalue weighted by molar-refractivity contribution is 1.10. The van der Waals surface area contributed by atoms with E-state index in [0.717, 1.165) is 12.1 Å². The van der Waals surface area contributed by atoms with Gasteiger partial charge in [-0.3, -0.25) is 0 Å². The molecule has 5 nitrogen and oxygen atoms in total. The van der Waals surface area contributed by atoms with Gasteiger partial charge in [0, 0.05) is 6.54 Å². The monoisotopic (exact) mass is 163 g/mol. The van der Waals surface area contributed by atoms with Crippen molar-refractivity contribution >= 4 is 17.1 Å². The topological polar surface area (TPSA) is 66.5 Å². The molecule has 0 saturated heterocycles. The predicted molar refractivity (Wildman–Crippen MR) is 45.8 cm³/mol. The summed E-state index contributed by atoms with van der Waals surface area (Å²) in [7, 11) is 0. The molecule has 2 aromatic rings. The van der Waals surface area contributed by atoms with Crippen molar-refractivity contribution in [3.05, 3.63) is 12.5 Å². The molecule has 0 amide bonds. The number of hydrogen-bond donors (Lipinski definition) is 2. The summed E-state index contributed by atoms with van der Waals surface area (Å²) in [6.07, 6.45) is 3.32. The maximum absolute atomic E-state index is 4.16. The molecule has 0 fully saturated rings. The average Bonchev–Trinajstić information content (AvgIpc) is 2.51. The Balaban J connectivity index is 2.46. The first-order valence-corrected chi connectivity index (χ1v) is 3.80. The summed E-state index contributed by atoms with van der Waals surface area (Å²) < 4.78 is 0. The van der Waals surface area contributed by atoms with Crippen molar-refractivity contribution < 1.29 is 0 Å². The van der Waals surface area contributed by atoms with Gasteiger partial charge in [-0.15, -0.1) is 0 Å². The smallest absolute Gasteiger partial charge is 0.224 e. The lowest BCUT2D eigenvalue weighted by Gasteiger charge is -1.98. The minimum absolute atomic E-state index is 0.622. The maximum Gasteiger partial charge on any atom is 0.224 e. The molecule has 0 aromatic carbocycles. The summed E-state index contributed by atoms with van der Waals surface area (Å²) in [4.78, 5) is 15.2. The fourth-order valence-electron chi connectivity index (χ4n) is 0.979. The molecule has 5 heteroatoms. The summed E-state index contributed by atoms with van der Waals surface area (Å²) in [6, 6.07) is 0. The molecule has 12 heavy (non-hydrogen) atoms. The Morgan fingerprint density at radius 1 is 1.50 bits per heavy atom. The van der Waals surface area contributed by atoms with Crippen LogP contribution in [0.2, 0.25) is 0 Å². The Kier molecular flexibility index (Phi) is 1.62. The summed E-state index contributed by atoms with van der Waals surface area (Å²) in [5.41, 5.74) is 1.55. The highest BCUT2D eigenvalue weighted by molar-refractivity contribution is 5.69. The summed E-state index contributed by atoms with van der Waals surface area (Å²) >= 11 is 0. The third-order valence-electron chi connectivity index (χ3n) is 1.51. The molecule has 0 atom stereocenters. The van der Waals surface area contributed by atoms with Crippen molar-refractivity contribution in [1.29, 1.82) is 0 Å². The molecule has 0 spiro atoms. The minimum atomic E-state index is 0.622. The van der Waals surface area contributed by atoms with Crippen LogP contribution >= 0.6 is 0 Å². The standard InChI is InChI=1S/C7H9N5/c1-2-8-7-9-3-5-6(12-7)11-4-10-5/h3-4H,2H2,1H3,(H2,8,9,10,11,12). The van der Waals surface area contributed by atoms with Crippen LogP contribution in [0.25, 0.3) is 11.2 Å². The molecule has 0 saturated carbocycles. The first-order chi connectivity index (χ1) is 5.90. The van der Waals surface area contributed by atoms with E-state index < -0.39 is 0 Å². The number of aromatic nitrogens is 4. The van der Waals surface area contributed by atoms with Gasteiger partial charge in [-0.25, -0.2) is 9.97 Å². The second kappa shape index (κ2) is 2.77.